The van der Waals surface area contributed by atoms with Crippen LogP contribution in [0.4, 0.5) is 0 Å². The summed E-state index contributed by atoms with van der Waals surface area (Å²) in [6.45, 7) is 2.67. The third-order valence-electron chi connectivity index (χ3n) is 10.8. The van der Waals surface area contributed by atoms with Crippen molar-refractivity contribution in [3.05, 3.63) is 11.1 Å². The molecule has 8 nitrogen and oxygen atoms in total. The Bertz CT molecular complexity index is 905. The molecule has 3 saturated carbocycles. The van der Waals surface area contributed by atoms with Gasteiger partial charge in [0.1, 0.15) is 5.60 Å². The summed E-state index contributed by atoms with van der Waals surface area (Å²) in [5.41, 5.74) is 5.56. The Morgan fingerprint density at radius 3 is 2.68 bits per heavy atom. The first kappa shape index (κ1) is 24.2. The highest BCUT2D eigenvalue weighted by Crippen LogP contribution is 2.77. The number of nitrogens with zero attached hydrogens (tertiary/aromatic N) is 1. The molecule has 8 atom stereocenters. The number of nitrogens with two attached hydrogens (primary N) is 1. The van der Waals surface area contributed by atoms with E-state index in [4.69, 9.17) is 10.5 Å². The van der Waals surface area contributed by atoms with Crippen LogP contribution in [0.5, 0.6) is 0 Å². The summed E-state index contributed by atoms with van der Waals surface area (Å²) in [7, 11) is 5.37. The van der Waals surface area contributed by atoms with Crippen molar-refractivity contribution in [1.82, 2.24) is 5.32 Å². The van der Waals surface area contributed by atoms with E-state index in [9.17, 15) is 15.0 Å². The van der Waals surface area contributed by atoms with Gasteiger partial charge in [-0.25, -0.2) is 4.99 Å². The Hall–Kier alpha value is -1.48. The molecule has 5 aliphatic rings. The number of guanidine groups is 1. The molecule has 8 heteroatoms. The number of nitrogens with one attached hydrogen (secondary N) is 2. The second-order valence-electron chi connectivity index (χ2n) is 11.6. The predicted octanol–water partition coefficient (Wildman–Crippen LogP) is -0.772. The number of rotatable bonds is 4. The number of hydrogen-bond acceptors (Lipinski definition) is 6. The van der Waals surface area contributed by atoms with Crippen LogP contribution < -0.4 is 21.1 Å². The van der Waals surface area contributed by atoms with Crippen LogP contribution in [-0.4, -0.2) is 69.6 Å². The Kier molecular flexibility index (Phi) is 6.11. The summed E-state index contributed by atoms with van der Waals surface area (Å²) in [6.07, 6.45) is 7.65. The standard InChI is InChI=1S/C26H42N4O4/c1-28-13-18-10-11-30(23(27)29-2)15-25(18)17-9-8-16-6-4-5-7-20(34-3)26(33)14-24(16,25)19(12-17)21(26)22(31)32/h16-18,20,28,33H,4-15H2,1-3H3,(H2,27,29)(H,31,32). The van der Waals surface area contributed by atoms with Crippen LogP contribution in [0.15, 0.2) is 16.1 Å². The molecule has 5 rings (SSSR count). The maximum atomic E-state index is 12.8. The Morgan fingerprint density at radius 2 is 2.00 bits per heavy atom. The average molecular weight is 475 g/mol. The van der Waals surface area contributed by atoms with Crippen LogP contribution in [0.25, 0.3) is 0 Å². The molecule has 0 aromatic carbocycles. The summed E-state index contributed by atoms with van der Waals surface area (Å²) < 4.78 is 5.83. The van der Waals surface area contributed by atoms with Gasteiger partial charge in [-0.3, -0.25) is 4.90 Å². The van der Waals surface area contributed by atoms with Gasteiger partial charge < -0.3 is 30.8 Å². The van der Waals surface area contributed by atoms with Gasteiger partial charge in [0, 0.05) is 37.0 Å². The van der Waals surface area contributed by atoms with E-state index in [1.807, 2.05) is 7.05 Å². The molecule has 34 heavy (non-hydrogen) atoms. The molecule has 2 spiro atoms. The number of fused-ring (bicyclic) bond motifs is 1. The number of hydrogen-bond donors (Lipinski definition) is 4. The average Bonchev–Trinajstić information content (AvgIpc) is 3.17. The van der Waals surface area contributed by atoms with Crippen molar-refractivity contribution in [3.8, 4) is 0 Å². The largest absolute Gasteiger partial charge is 0.545 e. The molecule has 1 saturated heterocycles. The highest BCUT2D eigenvalue weighted by molar-refractivity contribution is 5.90. The van der Waals surface area contributed by atoms with Crippen LogP contribution in [0.1, 0.15) is 57.8 Å². The molecule has 1 heterocycles. The second kappa shape index (κ2) is 8.57. The number of carbonyl (C=O) groups excluding carboxylic acids is 1. The van der Waals surface area contributed by atoms with Crippen LogP contribution in [0.2, 0.25) is 0 Å². The SMILES string of the molecule is CN=C(N)[NH+]1CCC(CNC)C2(C1)C1CCC3CCCCC(OC)C4(O)CC32C(=C4C(=O)[O-])C1. The first-order valence-electron chi connectivity index (χ1n) is 13.2. The zero-order valence-electron chi connectivity index (χ0n) is 21.0. The molecule has 190 valence electrons. The van der Waals surface area contributed by atoms with Gasteiger partial charge in [-0.15, -0.1) is 0 Å². The summed E-state index contributed by atoms with van der Waals surface area (Å²) in [6, 6.07) is 0. The van der Waals surface area contributed by atoms with Gasteiger partial charge in [-0.05, 0) is 69.9 Å². The van der Waals surface area contributed by atoms with Gasteiger partial charge in [0.25, 0.3) is 5.96 Å². The quantitative estimate of drug-likeness (QED) is 0.313. The lowest BCUT2D eigenvalue weighted by Crippen LogP contribution is -3.19. The number of piperidine rings is 1. The zero-order chi connectivity index (χ0) is 24.3. The fourth-order valence-corrected chi connectivity index (χ4v) is 9.74. The van der Waals surface area contributed by atoms with Gasteiger partial charge in [-0.2, -0.15) is 0 Å². The van der Waals surface area contributed by atoms with E-state index in [-0.39, 0.29) is 16.4 Å². The lowest BCUT2D eigenvalue weighted by Gasteiger charge is -2.61. The van der Waals surface area contributed by atoms with E-state index in [0.717, 1.165) is 70.2 Å². The van der Waals surface area contributed by atoms with Crippen molar-refractivity contribution in [2.24, 2.45) is 39.3 Å². The number of likely N-dealkylation sites (tertiary alicyclic amines) is 1. The molecular weight excluding hydrogens is 432 g/mol. The molecule has 0 radical (unpaired) electrons. The van der Waals surface area contributed by atoms with E-state index in [1.165, 1.54) is 4.90 Å². The maximum absolute atomic E-state index is 12.8. The molecule has 0 aromatic heterocycles. The summed E-state index contributed by atoms with van der Waals surface area (Å²) >= 11 is 0. The lowest BCUT2D eigenvalue weighted by molar-refractivity contribution is -0.828. The van der Waals surface area contributed by atoms with Crippen LogP contribution in [0, 0.1) is 28.6 Å². The third-order valence-corrected chi connectivity index (χ3v) is 10.8. The Labute approximate surface area is 203 Å². The molecule has 0 aromatic rings. The number of methoxy groups -OCH3 is 1. The number of carbonyl (C=O) groups is 1. The Balaban J connectivity index is 1.77. The number of aliphatic hydroxyl groups is 1. The number of ether oxygens (including phenoxy) is 1. The van der Waals surface area contributed by atoms with Crippen molar-refractivity contribution in [2.75, 3.05) is 40.8 Å². The second-order valence-corrected chi connectivity index (χ2v) is 11.6. The zero-order valence-corrected chi connectivity index (χ0v) is 21.0. The molecule has 3 bridgehead atoms. The number of aliphatic imine (C=N–C) groups is 1. The topological polar surface area (TPSA) is 124 Å². The van der Waals surface area contributed by atoms with Gasteiger partial charge in [0.2, 0.25) is 0 Å². The minimum atomic E-state index is -1.51. The molecule has 8 unspecified atom stereocenters. The van der Waals surface area contributed by atoms with Crippen molar-refractivity contribution in [2.45, 2.75) is 69.5 Å². The van der Waals surface area contributed by atoms with Gasteiger partial charge in [0.15, 0.2) is 0 Å². The fraction of sp³-hybridized carbons (Fsp3) is 0.846. The monoisotopic (exact) mass is 474 g/mol. The third kappa shape index (κ3) is 2.98. The fourth-order valence-electron chi connectivity index (χ4n) is 9.74. The summed E-state index contributed by atoms with van der Waals surface area (Å²) in [5, 5.41) is 28.5. The predicted molar refractivity (Wildman–Crippen MR) is 127 cm³/mol. The van der Waals surface area contributed by atoms with E-state index in [0.29, 0.717) is 36.6 Å². The van der Waals surface area contributed by atoms with Crippen molar-refractivity contribution < 1.29 is 24.6 Å². The number of allylic oxidation sites excluding steroid dienone is 1. The number of carboxylic acids is 1. The van der Waals surface area contributed by atoms with Crippen molar-refractivity contribution in [3.63, 3.8) is 0 Å². The smallest absolute Gasteiger partial charge is 0.293 e. The number of aliphatic carboxylic acids is 1. The summed E-state index contributed by atoms with van der Waals surface area (Å²) in [4.78, 5) is 18.3. The minimum absolute atomic E-state index is 0.134. The molecule has 4 fully saturated rings. The first-order valence-corrected chi connectivity index (χ1v) is 13.2. The number of quaternary nitrogens is 1. The highest BCUT2D eigenvalue weighted by Gasteiger charge is 2.77. The van der Waals surface area contributed by atoms with Crippen LogP contribution in [-0.2, 0) is 9.53 Å². The highest BCUT2D eigenvalue weighted by atomic mass is 16.5. The number of carboxylic acid groups (broad SMARTS) is 1. The van der Waals surface area contributed by atoms with Crippen LogP contribution in [0.3, 0.4) is 0 Å². The van der Waals surface area contributed by atoms with Crippen LogP contribution >= 0.6 is 0 Å². The van der Waals surface area contributed by atoms with Gasteiger partial charge >= 0.3 is 0 Å². The van der Waals surface area contributed by atoms with Gasteiger partial charge in [0.05, 0.1) is 25.2 Å². The molecule has 1 aliphatic heterocycles. The molecule has 5 N–H and O–H groups in total. The molecular formula is C26H42N4O4. The van der Waals surface area contributed by atoms with E-state index < -0.39 is 17.7 Å². The lowest BCUT2D eigenvalue weighted by atomic mass is 9.44. The van der Waals surface area contributed by atoms with Crippen molar-refractivity contribution in [1.29, 1.82) is 0 Å². The normalized spacial score (nSPS) is 46.4. The minimum Gasteiger partial charge on any atom is -0.545 e. The van der Waals surface area contributed by atoms with E-state index in [1.54, 1.807) is 14.2 Å². The Morgan fingerprint density at radius 1 is 1.26 bits per heavy atom. The summed E-state index contributed by atoms with van der Waals surface area (Å²) in [5.74, 6) is 0.566. The molecule has 4 aliphatic carbocycles. The van der Waals surface area contributed by atoms with E-state index in [2.05, 4.69) is 10.3 Å². The molecule has 0 amide bonds. The van der Waals surface area contributed by atoms with Gasteiger partial charge in [-0.1, -0.05) is 18.4 Å². The van der Waals surface area contributed by atoms with E-state index >= 15 is 0 Å². The maximum Gasteiger partial charge on any atom is 0.293 e. The van der Waals surface area contributed by atoms with Crippen molar-refractivity contribution >= 4 is 11.9 Å². The first-order chi connectivity index (χ1) is 16.3.